The summed E-state index contributed by atoms with van der Waals surface area (Å²) in [6.45, 7) is 0. The van der Waals surface area contributed by atoms with Crippen molar-refractivity contribution in [2.75, 3.05) is 0 Å². The van der Waals surface area contributed by atoms with Crippen molar-refractivity contribution in [1.82, 2.24) is 19.9 Å². The molecule has 41 heavy (non-hydrogen) atoms. The molecule has 0 saturated carbocycles. The van der Waals surface area contributed by atoms with Crippen LogP contribution in [0.25, 0.3) is 65.7 Å². The highest BCUT2D eigenvalue weighted by atomic mass is 36.0. The van der Waals surface area contributed by atoms with Crippen molar-refractivity contribution in [2.24, 2.45) is 0 Å². The van der Waals surface area contributed by atoms with Gasteiger partial charge in [0.25, 0.3) is 5.56 Å². The lowest BCUT2D eigenvalue weighted by atomic mass is 10.1. The number of hydrogen-bond acceptors (Lipinski definition) is 7. The highest BCUT2D eigenvalue weighted by molar-refractivity contribution is 8.24. The van der Waals surface area contributed by atoms with Crippen molar-refractivity contribution in [2.45, 2.75) is 0 Å². The van der Waals surface area contributed by atoms with E-state index >= 15 is 0 Å². The molecule has 0 unspecified atom stereocenters. The minimum atomic E-state index is -3.22. The van der Waals surface area contributed by atoms with Gasteiger partial charge in [0, 0.05) is 21.5 Å². The third-order valence-corrected chi connectivity index (χ3v) is 6.52. The van der Waals surface area contributed by atoms with E-state index in [0.717, 1.165) is 43.4 Å². The van der Waals surface area contributed by atoms with Gasteiger partial charge in [0.05, 0.1) is 6.33 Å². The second-order valence-corrected chi connectivity index (χ2v) is 15.7. The molecular weight excluding hydrogens is 629 g/mol. The van der Waals surface area contributed by atoms with Crippen molar-refractivity contribution in [3.63, 3.8) is 0 Å². The number of nitrogens with zero attached hydrogens (tertiary/aromatic N) is 3. The molecule has 0 atom stereocenters. The molecule has 13 heteroatoms. The van der Waals surface area contributed by atoms with Crippen LogP contribution in [0.2, 0.25) is 5.15 Å². The maximum Gasteiger partial charge on any atom is 0.339 e. The first-order chi connectivity index (χ1) is 19.7. The van der Waals surface area contributed by atoms with Crippen molar-refractivity contribution >= 4 is 116 Å². The molecule has 0 bridgehead atoms. The lowest BCUT2D eigenvalue weighted by Gasteiger charge is -1.96. The number of hydrogen-bond donors (Lipinski definition) is 1. The molecule has 0 radical (unpaired) electrons. The molecule has 4 aromatic carbocycles. The van der Waals surface area contributed by atoms with Crippen LogP contribution in [0.15, 0.2) is 99.1 Å². The van der Waals surface area contributed by atoms with Crippen LogP contribution in [0.1, 0.15) is 0 Å². The molecule has 0 aliphatic carbocycles. The van der Waals surface area contributed by atoms with Crippen LogP contribution >= 0.6 is 50.5 Å². The fourth-order valence-corrected chi connectivity index (χ4v) is 4.76. The second-order valence-electron chi connectivity index (χ2n) is 8.68. The van der Waals surface area contributed by atoms with E-state index in [-0.39, 0.29) is 11.1 Å². The molecule has 0 spiro atoms. The number of nitrogens with one attached hydrogen (secondary N) is 1. The number of rotatable bonds is 0. The SMILES string of the molecule is Clc1ncnc2c1oc1c3ccccc3ccc21.O=P(Cl)(Cl)Cl.O=c1[nH]cnc2c1oc1c3ccccc3ccc21. The molecular formula is C28H15Cl4N4O4P. The van der Waals surface area contributed by atoms with E-state index in [4.69, 9.17) is 20.4 Å². The van der Waals surface area contributed by atoms with Gasteiger partial charge < -0.3 is 13.8 Å². The average molecular weight is 644 g/mol. The van der Waals surface area contributed by atoms with E-state index in [9.17, 15) is 9.36 Å². The maximum atomic E-state index is 11.7. The average Bonchev–Trinajstić information content (AvgIpc) is 3.54. The summed E-state index contributed by atoms with van der Waals surface area (Å²) in [6, 6.07) is 24.0. The Hall–Kier alpha value is -3.65. The normalized spacial score (nSPS) is 11.6. The topological polar surface area (TPSA) is 115 Å². The highest BCUT2D eigenvalue weighted by Gasteiger charge is 2.14. The van der Waals surface area contributed by atoms with Crippen LogP contribution < -0.4 is 5.56 Å². The number of halogens is 4. The molecule has 8 nitrogen and oxygen atoms in total. The van der Waals surface area contributed by atoms with E-state index in [1.54, 1.807) is 0 Å². The van der Waals surface area contributed by atoms with Crippen LogP contribution in [-0.4, -0.2) is 19.9 Å². The highest BCUT2D eigenvalue weighted by Crippen LogP contribution is 2.61. The van der Waals surface area contributed by atoms with Crippen molar-refractivity contribution in [3.8, 4) is 0 Å². The minimum Gasteiger partial charge on any atom is -0.450 e. The summed E-state index contributed by atoms with van der Waals surface area (Å²) in [6.07, 6.45) is 2.85. The second kappa shape index (κ2) is 11.0. The van der Waals surface area contributed by atoms with Gasteiger partial charge in [-0.15, -0.1) is 0 Å². The van der Waals surface area contributed by atoms with Crippen LogP contribution in [0.4, 0.5) is 0 Å². The Bertz CT molecular complexity index is 2340. The van der Waals surface area contributed by atoms with E-state index in [2.05, 4.69) is 65.8 Å². The third-order valence-electron chi connectivity index (χ3n) is 6.25. The van der Waals surface area contributed by atoms with Crippen LogP contribution in [0.3, 0.4) is 0 Å². The molecule has 0 amide bonds. The minimum absolute atomic E-state index is 0.250. The first-order valence-corrected chi connectivity index (χ1v) is 16.7. The van der Waals surface area contributed by atoms with E-state index < -0.39 is 5.20 Å². The zero-order valence-electron chi connectivity index (χ0n) is 20.5. The van der Waals surface area contributed by atoms with Crippen molar-refractivity contribution in [3.05, 3.63) is 101 Å². The predicted octanol–water partition coefficient (Wildman–Crippen LogP) is 9.82. The van der Waals surface area contributed by atoms with Gasteiger partial charge in [0.1, 0.15) is 28.5 Å². The monoisotopic (exact) mass is 642 g/mol. The smallest absolute Gasteiger partial charge is 0.339 e. The number of benzene rings is 4. The zero-order chi connectivity index (χ0) is 28.7. The lowest BCUT2D eigenvalue weighted by Crippen LogP contribution is -2.03. The Kier molecular flexibility index (Phi) is 7.36. The predicted molar refractivity (Wildman–Crippen MR) is 167 cm³/mol. The summed E-state index contributed by atoms with van der Waals surface area (Å²) in [5.41, 5.74) is 3.47. The summed E-state index contributed by atoms with van der Waals surface area (Å²) < 4.78 is 21.0. The van der Waals surface area contributed by atoms with Crippen LogP contribution in [0, 0.1) is 0 Å². The molecule has 0 aliphatic heterocycles. The fourth-order valence-electron chi connectivity index (χ4n) is 4.59. The van der Waals surface area contributed by atoms with Gasteiger partial charge in [-0.2, -0.15) is 0 Å². The first-order valence-electron chi connectivity index (χ1n) is 11.9. The van der Waals surface area contributed by atoms with Gasteiger partial charge in [-0.05, 0) is 56.6 Å². The summed E-state index contributed by atoms with van der Waals surface area (Å²) in [4.78, 5) is 26.6. The molecule has 0 fully saturated rings. The number of H-pyrrole nitrogens is 1. The van der Waals surface area contributed by atoms with E-state index in [1.165, 1.54) is 12.7 Å². The molecule has 8 aromatic rings. The Morgan fingerprint density at radius 2 is 1.15 bits per heavy atom. The molecule has 1 N–H and O–H groups in total. The van der Waals surface area contributed by atoms with E-state index in [0.29, 0.717) is 21.8 Å². The van der Waals surface area contributed by atoms with Gasteiger partial charge in [0.2, 0.25) is 5.58 Å². The Balaban J connectivity index is 0.000000127. The molecule has 8 rings (SSSR count). The Morgan fingerprint density at radius 1 is 0.634 bits per heavy atom. The number of furan rings is 2. The van der Waals surface area contributed by atoms with E-state index in [1.807, 2.05) is 60.7 Å². The van der Waals surface area contributed by atoms with Gasteiger partial charge in [0.15, 0.2) is 10.7 Å². The molecule has 0 saturated heterocycles. The number of fused-ring (bicyclic) bond motifs is 10. The van der Waals surface area contributed by atoms with Crippen LogP contribution in [0.5, 0.6) is 0 Å². The summed E-state index contributed by atoms with van der Waals surface area (Å²) in [5.74, 6) is 0. The molecule has 4 aromatic heterocycles. The number of aromatic nitrogens is 4. The molecule has 4 heterocycles. The zero-order valence-corrected chi connectivity index (χ0v) is 24.4. The van der Waals surface area contributed by atoms with Gasteiger partial charge in [-0.3, -0.25) is 9.36 Å². The fraction of sp³-hybridized carbons (Fsp3) is 0. The Morgan fingerprint density at radius 3 is 1.73 bits per heavy atom. The third kappa shape index (κ3) is 5.49. The van der Waals surface area contributed by atoms with Crippen molar-refractivity contribution < 1.29 is 13.4 Å². The first kappa shape index (κ1) is 27.5. The van der Waals surface area contributed by atoms with Crippen molar-refractivity contribution in [1.29, 1.82) is 0 Å². The van der Waals surface area contributed by atoms with Gasteiger partial charge >= 0.3 is 5.20 Å². The lowest BCUT2D eigenvalue weighted by molar-refractivity contribution is 0.600. The molecule has 204 valence electrons. The summed E-state index contributed by atoms with van der Waals surface area (Å²) >= 11 is 19.9. The van der Waals surface area contributed by atoms with Gasteiger partial charge in [-0.25, -0.2) is 15.0 Å². The standard InChI is InChI=1S/C14H7ClN2O.C14H8N2O2.Cl3OP/c15-14-13-11(16-7-17-14)10-6-5-8-3-1-2-4-9(8)12(10)18-13;17-14-13-11(15-7-16-14)10-6-5-8-3-1-2-4-9(8)12(10)18-13;1-5(2,3)4/h1-7H;1-7H,(H,15,16,17);. The largest absolute Gasteiger partial charge is 0.450 e. The van der Waals surface area contributed by atoms with Crippen LogP contribution in [-0.2, 0) is 4.57 Å². The summed E-state index contributed by atoms with van der Waals surface area (Å²) in [5, 5.41) is 3.23. The summed E-state index contributed by atoms with van der Waals surface area (Å²) in [7, 11) is 0. The van der Waals surface area contributed by atoms with Gasteiger partial charge in [-0.1, -0.05) is 72.3 Å². The molecule has 0 aliphatic rings. The quantitative estimate of drug-likeness (QED) is 0.129. The number of aromatic amines is 1. The maximum absolute atomic E-state index is 11.7. The Labute approximate surface area is 249 Å².